The number of hydrogen-bond acceptors (Lipinski definition) is 3. The van der Waals surface area contributed by atoms with Crippen LogP contribution in [-0.2, 0) is 22.4 Å². The number of thiophene rings is 1. The summed E-state index contributed by atoms with van der Waals surface area (Å²) in [7, 11) is 0. The third-order valence-electron chi connectivity index (χ3n) is 3.64. The van der Waals surface area contributed by atoms with E-state index >= 15 is 0 Å². The van der Waals surface area contributed by atoms with Gasteiger partial charge >= 0.3 is 5.97 Å². The molecule has 2 N–H and O–H groups in total. The molecule has 0 radical (unpaired) electrons. The lowest BCUT2D eigenvalue weighted by Gasteiger charge is -2.14. The molecule has 0 fully saturated rings. The largest absolute Gasteiger partial charge is 0.481 e. The minimum absolute atomic E-state index is 0.103. The van der Waals surface area contributed by atoms with Crippen LogP contribution >= 0.6 is 11.3 Å². The maximum absolute atomic E-state index is 11.9. The van der Waals surface area contributed by atoms with Crippen LogP contribution in [0.25, 0.3) is 0 Å². The zero-order chi connectivity index (χ0) is 16.7. The molecule has 0 aliphatic carbocycles. The Balaban J connectivity index is 1.82. The summed E-state index contributed by atoms with van der Waals surface area (Å²) in [6, 6.07) is 11.8. The number of rotatable bonds is 8. The molecule has 4 nitrogen and oxygen atoms in total. The quantitative estimate of drug-likeness (QED) is 0.781. The number of carbonyl (C=O) groups excluding carboxylic acids is 1. The first kappa shape index (κ1) is 17.2. The van der Waals surface area contributed by atoms with E-state index in [1.165, 1.54) is 0 Å². The van der Waals surface area contributed by atoms with Gasteiger partial charge in [0.2, 0.25) is 5.91 Å². The molecule has 2 aromatic rings. The van der Waals surface area contributed by atoms with Crippen LogP contribution in [0.1, 0.15) is 22.4 Å². The van der Waals surface area contributed by atoms with Crippen LogP contribution in [-0.4, -0.2) is 23.5 Å². The molecule has 0 spiro atoms. The summed E-state index contributed by atoms with van der Waals surface area (Å²) in [6.07, 6.45) is 1.50. The maximum Gasteiger partial charge on any atom is 0.308 e. The lowest BCUT2D eigenvalue weighted by Crippen LogP contribution is -2.34. The highest BCUT2D eigenvalue weighted by Crippen LogP contribution is 2.12. The van der Waals surface area contributed by atoms with Gasteiger partial charge in [0.25, 0.3) is 0 Å². The van der Waals surface area contributed by atoms with Gasteiger partial charge < -0.3 is 10.4 Å². The van der Waals surface area contributed by atoms with Crippen molar-refractivity contribution in [2.24, 2.45) is 5.92 Å². The van der Waals surface area contributed by atoms with Crippen molar-refractivity contribution in [3.8, 4) is 0 Å². The maximum atomic E-state index is 11.9. The Morgan fingerprint density at radius 3 is 2.74 bits per heavy atom. The second-order valence-electron chi connectivity index (χ2n) is 5.61. The average molecular weight is 331 g/mol. The average Bonchev–Trinajstić information content (AvgIpc) is 3.02. The summed E-state index contributed by atoms with van der Waals surface area (Å²) < 4.78 is 0. The fraction of sp³-hybridized carbons (Fsp3) is 0.333. The van der Waals surface area contributed by atoms with E-state index < -0.39 is 11.9 Å². The van der Waals surface area contributed by atoms with E-state index in [1.807, 2.05) is 48.7 Å². The molecule has 5 heteroatoms. The molecule has 1 amide bonds. The summed E-state index contributed by atoms with van der Waals surface area (Å²) in [5.41, 5.74) is 2.08. The molecule has 23 heavy (non-hydrogen) atoms. The molecule has 1 heterocycles. The fourth-order valence-corrected chi connectivity index (χ4v) is 3.10. The van der Waals surface area contributed by atoms with Crippen molar-refractivity contribution in [2.45, 2.75) is 26.2 Å². The van der Waals surface area contributed by atoms with Crippen molar-refractivity contribution in [3.63, 3.8) is 0 Å². The third kappa shape index (κ3) is 5.87. The van der Waals surface area contributed by atoms with Crippen molar-refractivity contribution in [2.75, 3.05) is 6.54 Å². The zero-order valence-corrected chi connectivity index (χ0v) is 13.9. The molecule has 0 saturated heterocycles. The molecule has 0 aliphatic heterocycles. The van der Waals surface area contributed by atoms with Crippen LogP contribution in [0.15, 0.2) is 41.8 Å². The van der Waals surface area contributed by atoms with Gasteiger partial charge in [0.05, 0.1) is 5.92 Å². The van der Waals surface area contributed by atoms with Crippen molar-refractivity contribution in [1.82, 2.24) is 5.32 Å². The van der Waals surface area contributed by atoms with E-state index in [0.717, 1.165) is 16.0 Å². The highest BCUT2D eigenvalue weighted by Gasteiger charge is 2.19. The topological polar surface area (TPSA) is 66.4 Å². The van der Waals surface area contributed by atoms with Crippen LogP contribution < -0.4 is 5.32 Å². The lowest BCUT2D eigenvalue weighted by atomic mass is 9.98. The Kier molecular flexibility index (Phi) is 6.35. The smallest absolute Gasteiger partial charge is 0.308 e. The molecule has 0 aliphatic rings. The normalized spacial score (nSPS) is 11.9. The second-order valence-corrected chi connectivity index (χ2v) is 6.64. The monoisotopic (exact) mass is 331 g/mol. The van der Waals surface area contributed by atoms with E-state index in [9.17, 15) is 14.7 Å². The number of aliphatic carboxylic acids is 1. The summed E-state index contributed by atoms with van der Waals surface area (Å²) >= 11 is 1.62. The predicted molar refractivity (Wildman–Crippen MR) is 91.7 cm³/mol. The number of carboxylic acid groups (broad SMARTS) is 1. The standard InChI is InChI=1S/C18H21NO3S/c1-13-4-2-5-14(10-13)11-15(18(21)22)12-19-17(20)8-7-16-6-3-9-23-16/h2-6,9-10,15H,7-8,11-12H2,1H3,(H,19,20)(H,21,22). The summed E-state index contributed by atoms with van der Waals surface area (Å²) in [6.45, 7) is 2.14. The molecular weight excluding hydrogens is 310 g/mol. The first-order chi connectivity index (χ1) is 11.0. The van der Waals surface area contributed by atoms with Gasteiger partial charge in [-0.25, -0.2) is 0 Å². The third-order valence-corrected chi connectivity index (χ3v) is 4.57. The molecule has 2 rings (SSSR count). The Bertz CT molecular complexity index is 652. The highest BCUT2D eigenvalue weighted by atomic mass is 32.1. The number of benzene rings is 1. The molecular formula is C18H21NO3S. The second kappa shape index (κ2) is 8.48. The van der Waals surface area contributed by atoms with Crippen molar-refractivity contribution in [3.05, 3.63) is 57.8 Å². The fourth-order valence-electron chi connectivity index (χ4n) is 2.39. The first-order valence-corrected chi connectivity index (χ1v) is 8.50. The minimum Gasteiger partial charge on any atom is -0.481 e. The minimum atomic E-state index is -0.884. The van der Waals surface area contributed by atoms with Crippen LogP contribution in [0.2, 0.25) is 0 Å². The van der Waals surface area contributed by atoms with Gasteiger partial charge in [0.15, 0.2) is 0 Å². The van der Waals surface area contributed by atoms with E-state index in [2.05, 4.69) is 5.32 Å². The number of nitrogens with one attached hydrogen (secondary N) is 1. The Morgan fingerprint density at radius 1 is 1.26 bits per heavy atom. The molecule has 1 unspecified atom stereocenters. The van der Waals surface area contributed by atoms with Gasteiger partial charge in [-0.15, -0.1) is 11.3 Å². The summed E-state index contributed by atoms with van der Waals surface area (Å²) in [4.78, 5) is 24.4. The van der Waals surface area contributed by atoms with E-state index in [1.54, 1.807) is 11.3 Å². The lowest BCUT2D eigenvalue weighted by molar-refractivity contribution is -0.141. The van der Waals surface area contributed by atoms with Crippen LogP contribution in [0, 0.1) is 12.8 Å². The van der Waals surface area contributed by atoms with E-state index in [0.29, 0.717) is 19.3 Å². The summed E-state index contributed by atoms with van der Waals surface area (Å²) in [5.74, 6) is -1.60. The highest BCUT2D eigenvalue weighted by molar-refractivity contribution is 7.09. The van der Waals surface area contributed by atoms with Crippen LogP contribution in [0.3, 0.4) is 0 Å². The predicted octanol–water partition coefficient (Wildman–Crippen LogP) is 3.05. The Labute approximate surface area is 140 Å². The van der Waals surface area contributed by atoms with Gasteiger partial charge in [0.1, 0.15) is 0 Å². The summed E-state index contributed by atoms with van der Waals surface area (Å²) in [5, 5.41) is 14.1. The van der Waals surface area contributed by atoms with Gasteiger partial charge in [-0.05, 0) is 36.8 Å². The molecule has 1 atom stereocenters. The van der Waals surface area contributed by atoms with Crippen molar-refractivity contribution < 1.29 is 14.7 Å². The number of amides is 1. The zero-order valence-electron chi connectivity index (χ0n) is 13.1. The number of aryl methyl sites for hydroxylation is 2. The van der Waals surface area contributed by atoms with Crippen LogP contribution in [0.5, 0.6) is 0 Å². The van der Waals surface area contributed by atoms with Gasteiger partial charge in [0, 0.05) is 17.8 Å². The molecule has 0 saturated carbocycles. The van der Waals surface area contributed by atoms with Gasteiger partial charge in [-0.3, -0.25) is 9.59 Å². The Morgan fingerprint density at radius 2 is 2.09 bits per heavy atom. The van der Waals surface area contributed by atoms with E-state index in [-0.39, 0.29) is 12.5 Å². The number of carboxylic acids is 1. The first-order valence-electron chi connectivity index (χ1n) is 7.62. The van der Waals surface area contributed by atoms with Gasteiger partial charge in [-0.1, -0.05) is 35.9 Å². The number of carbonyl (C=O) groups is 2. The SMILES string of the molecule is Cc1cccc(CC(CNC(=O)CCc2cccs2)C(=O)O)c1. The molecule has 1 aromatic carbocycles. The van der Waals surface area contributed by atoms with Crippen LogP contribution in [0.4, 0.5) is 0 Å². The van der Waals surface area contributed by atoms with Gasteiger partial charge in [-0.2, -0.15) is 0 Å². The van der Waals surface area contributed by atoms with Crippen molar-refractivity contribution in [1.29, 1.82) is 0 Å². The molecule has 122 valence electrons. The Hall–Kier alpha value is -2.14. The van der Waals surface area contributed by atoms with Crippen molar-refractivity contribution >= 4 is 23.2 Å². The molecule has 0 bridgehead atoms. The molecule has 1 aromatic heterocycles. The number of hydrogen-bond donors (Lipinski definition) is 2. The van der Waals surface area contributed by atoms with E-state index in [4.69, 9.17) is 0 Å².